The van der Waals surface area contributed by atoms with Crippen LogP contribution in [0.5, 0.6) is 0 Å². The molecule has 0 saturated carbocycles. The maximum atomic E-state index is 11.6. The van der Waals surface area contributed by atoms with Crippen LogP contribution in [0.3, 0.4) is 0 Å². The van der Waals surface area contributed by atoms with Crippen LogP contribution in [-0.2, 0) is 4.74 Å². The predicted molar refractivity (Wildman–Crippen MR) is 104 cm³/mol. The molecule has 2 aromatic carbocycles. The average molecular weight is 349 g/mol. The smallest absolute Gasteiger partial charge is 0.337 e. The number of anilines is 2. The first kappa shape index (κ1) is 17.9. The molecule has 1 heterocycles. The van der Waals surface area contributed by atoms with Gasteiger partial charge in [0.25, 0.3) is 0 Å². The van der Waals surface area contributed by atoms with Crippen LogP contribution in [0.1, 0.15) is 48.8 Å². The molecular formula is C21H23N3O2. The van der Waals surface area contributed by atoms with Gasteiger partial charge in [-0.25, -0.2) is 14.8 Å². The zero-order valence-electron chi connectivity index (χ0n) is 15.3. The van der Waals surface area contributed by atoms with Crippen molar-refractivity contribution in [1.82, 2.24) is 9.97 Å². The largest absolute Gasteiger partial charge is 0.465 e. The molecule has 26 heavy (non-hydrogen) atoms. The van der Waals surface area contributed by atoms with Gasteiger partial charge in [0, 0.05) is 17.0 Å². The summed E-state index contributed by atoms with van der Waals surface area (Å²) in [5.74, 6) is 1.63. The van der Waals surface area contributed by atoms with Crippen molar-refractivity contribution < 1.29 is 9.53 Å². The van der Waals surface area contributed by atoms with Crippen molar-refractivity contribution in [1.29, 1.82) is 0 Å². The number of para-hydroxylation sites is 1. The first-order chi connectivity index (χ1) is 12.7. The molecule has 0 fully saturated rings. The van der Waals surface area contributed by atoms with Gasteiger partial charge in [0.1, 0.15) is 11.6 Å². The highest BCUT2D eigenvalue weighted by atomic mass is 16.5. The molecule has 3 rings (SSSR count). The summed E-state index contributed by atoms with van der Waals surface area (Å²) in [6.45, 7) is 4.32. The van der Waals surface area contributed by atoms with E-state index in [1.807, 2.05) is 36.4 Å². The summed E-state index contributed by atoms with van der Waals surface area (Å²) in [4.78, 5) is 21.1. The van der Waals surface area contributed by atoms with E-state index >= 15 is 0 Å². The number of carbonyl (C=O) groups is 1. The van der Waals surface area contributed by atoms with Gasteiger partial charge < -0.3 is 10.1 Å². The second-order valence-corrected chi connectivity index (χ2v) is 6.15. The van der Waals surface area contributed by atoms with Crippen molar-refractivity contribution >= 4 is 28.4 Å². The highest BCUT2D eigenvalue weighted by Gasteiger charge is 2.14. The fourth-order valence-electron chi connectivity index (χ4n) is 2.97. The Balaban J connectivity index is 1.99. The minimum atomic E-state index is -0.347. The van der Waals surface area contributed by atoms with Crippen LogP contribution >= 0.6 is 0 Å². The van der Waals surface area contributed by atoms with Gasteiger partial charge in [-0.2, -0.15) is 0 Å². The molecule has 5 nitrogen and oxygen atoms in total. The molecule has 0 radical (unpaired) electrons. The number of esters is 1. The van der Waals surface area contributed by atoms with Gasteiger partial charge >= 0.3 is 5.97 Å². The minimum Gasteiger partial charge on any atom is -0.465 e. The Morgan fingerprint density at radius 2 is 1.73 bits per heavy atom. The fourth-order valence-corrected chi connectivity index (χ4v) is 2.97. The van der Waals surface area contributed by atoms with Crippen LogP contribution in [-0.4, -0.2) is 23.0 Å². The number of ether oxygens (including phenoxy) is 1. The second kappa shape index (κ2) is 7.95. The Kier molecular flexibility index (Phi) is 5.46. The van der Waals surface area contributed by atoms with Crippen molar-refractivity contribution in [3.05, 3.63) is 59.9 Å². The molecule has 5 heteroatoms. The summed E-state index contributed by atoms with van der Waals surface area (Å²) >= 11 is 0. The summed E-state index contributed by atoms with van der Waals surface area (Å²) in [6, 6.07) is 15.2. The summed E-state index contributed by atoms with van der Waals surface area (Å²) in [5.41, 5.74) is 2.30. The van der Waals surface area contributed by atoms with Crippen LogP contribution in [0.2, 0.25) is 0 Å². The molecule has 0 saturated heterocycles. The summed E-state index contributed by atoms with van der Waals surface area (Å²) in [7, 11) is 1.38. The van der Waals surface area contributed by atoms with Crippen LogP contribution in [0, 0.1) is 0 Å². The fraction of sp³-hybridized carbons (Fsp3) is 0.286. The number of fused-ring (bicyclic) bond motifs is 1. The number of nitrogens with zero attached hydrogens (tertiary/aromatic N) is 2. The van der Waals surface area contributed by atoms with Gasteiger partial charge in [-0.05, 0) is 49.2 Å². The van der Waals surface area contributed by atoms with E-state index in [0.29, 0.717) is 11.5 Å². The Morgan fingerprint density at radius 1 is 1.04 bits per heavy atom. The molecule has 0 amide bonds. The van der Waals surface area contributed by atoms with Gasteiger partial charge in [0.05, 0.1) is 18.2 Å². The van der Waals surface area contributed by atoms with Gasteiger partial charge in [-0.3, -0.25) is 0 Å². The number of hydrogen-bond donors (Lipinski definition) is 1. The average Bonchev–Trinajstić information content (AvgIpc) is 2.69. The van der Waals surface area contributed by atoms with E-state index in [2.05, 4.69) is 19.2 Å². The van der Waals surface area contributed by atoms with Crippen LogP contribution in [0.25, 0.3) is 10.9 Å². The third-order valence-corrected chi connectivity index (χ3v) is 4.54. The first-order valence-corrected chi connectivity index (χ1v) is 8.88. The lowest BCUT2D eigenvalue weighted by molar-refractivity contribution is 0.0601. The van der Waals surface area contributed by atoms with Crippen LogP contribution < -0.4 is 5.32 Å². The lowest BCUT2D eigenvalue weighted by atomic mass is 10.0. The summed E-state index contributed by atoms with van der Waals surface area (Å²) in [5, 5.41) is 4.34. The van der Waals surface area contributed by atoms with E-state index in [0.717, 1.165) is 41.1 Å². The van der Waals surface area contributed by atoms with E-state index in [4.69, 9.17) is 14.7 Å². The van der Waals surface area contributed by atoms with E-state index in [9.17, 15) is 4.79 Å². The number of methoxy groups -OCH3 is 1. The number of hydrogen-bond acceptors (Lipinski definition) is 5. The van der Waals surface area contributed by atoms with E-state index in [-0.39, 0.29) is 5.97 Å². The standard InChI is InChI=1S/C21H23N3O2/c1-4-14(5-2)19-23-18-9-7-6-8-17(18)20(24-19)22-16-12-10-15(11-13-16)21(25)26-3/h6-14H,4-5H2,1-3H3,(H,22,23,24). The van der Waals surface area contributed by atoms with Crippen LogP contribution in [0.15, 0.2) is 48.5 Å². The molecule has 0 bridgehead atoms. The number of rotatable bonds is 6. The molecule has 0 aliphatic carbocycles. The van der Waals surface area contributed by atoms with Crippen LogP contribution in [0.4, 0.5) is 11.5 Å². The van der Waals surface area contributed by atoms with Crippen molar-refractivity contribution in [3.63, 3.8) is 0 Å². The molecule has 0 unspecified atom stereocenters. The SMILES string of the molecule is CCC(CC)c1nc(Nc2ccc(C(=O)OC)cc2)c2ccccc2n1. The van der Waals surface area contributed by atoms with Gasteiger partial charge in [0.15, 0.2) is 0 Å². The zero-order valence-corrected chi connectivity index (χ0v) is 15.3. The lowest BCUT2D eigenvalue weighted by Gasteiger charge is -2.15. The zero-order chi connectivity index (χ0) is 18.5. The molecule has 1 N–H and O–H groups in total. The maximum Gasteiger partial charge on any atom is 0.337 e. The third kappa shape index (κ3) is 3.67. The van der Waals surface area contributed by atoms with E-state index < -0.39 is 0 Å². The monoisotopic (exact) mass is 349 g/mol. The molecule has 3 aromatic rings. The van der Waals surface area contributed by atoms with E-state index in [1.165, 1.54) is 7.11 Å². The quantitative estimate of drug-likeness (QED) is 0.630. The topological polar surface area (TPSA) is 64.1 Å². The molecule has 0 aliphatic heterocycles. The molecule has 0 aliphatic rings. The van der Waals surface area contributed by atoms with Crippen molar-refractivity contribution in [3.8, 4) is 0 Å². The first-order valence-electron chi connectivity index (χ1n) is 8.88. The molecule has 1 aromatic heterocycles. The highest BCUT2D eigenvalue weighted by molar-refractivity contribution is 5.92. The Bertz CT molecular complexity index is 903. The minimum absolute atomic E-state index is 0.335. The summed E-state index contributed by atoms with van der Waals surface area (Å²) in [6.07, 6.45) is 2.00. The Hall–Kier alpha value is -2.95. The molecule has 0 spiro atoms. The van der Waals surface area contributed by atoms with Gasteiger partial charge in [-0.15, -0.1) is 0 Å². The number of aromatic nitrogens is 2. The predicted octanol–water partition coefficient (Wildman–Crippen LogP) is 5.06. The van der Waals surface area contributed by atoms with E-state index in [1.54, 1.807) is 12.1 Å². The molecule has 0 atom stereocenters. The van der Waals surface area contributed by atoms with Gasteiger partial charge in [-0.1, -0.05) is 26.0 Å². The number of benzene rings is 2. The van der Waals surface area contributed by atoms with Crippen molar-refractivity contribution in [2.75, 3.05) is 12.4 Å². The Labute approximate surface area is 153 Å². The molecule has 134 valence electrons. The number of nitrogens with one attached hydrogen (secondary N) is 1. The lowest BCUT2D eigenvalue weighted by Crippen LogP contribution is -2.06. The maximum absolute atomic E-state index is 11.6. The second-order valence-electron chi connectivity index (χ2n) is 6.15. The Morgan fingerprint density at radius 3 is 2.38 bits per heavy atom. The van der Waals surface area contributed by atoms with Gasteiger partial charge in [0.2, 0.25) is 0 Å². The van der Waals surface area contributed by atoms with Crippen molar-refractivity contribution in [2.45, 2.75) is 32.6 Å². The normalized spacial score (nSPS) is 10.9. The van der Waals surface area contributed by atoms with Crippen molar-refractivity contribution in [2.24, 2.45) is 0 Å². The highest BCUT2D eigenvalue weighted by Crippen LogP contribution is 2.28. The number of carbonyl (C=O) groups excluding carboxylic acids is 1. The third-order valence-electron chi connectivity index (χ3n) is 4.54. The summed E-state index contributed by atoms with van der Waals surface area (Å²) < 4.78 is 4.74. The molecular weight excluding hydrogens is 326 g/mol.